The van der Waals surface area contributed by atoms with Crippen LogP contribution < -0.4 is 0 Å². The van der Waals surface area contributed by atoms with E-state index in [0.717, 1.165) is 19.6 Å². The maximum Gasteiger partial charge on any atom is 0.193 e. The van der Waals surface area contributed by atoms with E-state index in [1.54, 1.807) is 0 Å². The molecule has 0 bridgehead atoms. The summed E-state index contributed by atoms with van der Waals surface area (Å²) in [4.78, 5) is 2.71. The van der Waals surface area contributed by atoms with E-state index in [-0.39, 0.29) is 6.29 Å². The molecule has 2 aromatic heterocycles. The second-order valence-corrected chi connectivity index (χ2v) is 7.61. The molecule has 0 saturated carbocycles. The Morgan fingerprint density at radius 2 is 1.95 bits per heavy atom. The van der Waals surface area contributed by atoms with Crippen LogP contribution in [0.4, 0.5) is 0 Å². The van der Waals surface area contributed by atoms with Gasteiger partial charge in [-0.25, -0.2) is 0 Å². The normalized spacial score (nSPS) is 24.1. The van der Waals surface area contributed by atoms with Crippen LogP contribution in [0.3, 0.4) is 0 Å². The molecule has 104 valence electrons. The maximum atomic E-state index is 5.84. The Morgan fingerprint density at radius 1 is 1.16 bits per heavy atom. The van der Waals surface area contributed by atoms with E-state index in [4.69, 9.17) is 9.47 Å². The molecule has 0 aromatic carbocycles. The minimum absolute atomic E-state index is 0.137. The van der Waals surface area contributed by atoms with Gasteiger partial charge in [0.05, 0.1) is 22.1 Å². The molecule has 1 aliphatic heterocycles. The zero-order valence-electron chi connectivity index (χ0n) is 11.5. The Hall–Kier alpha value is -0.420. The number of fused-ring (bicyclic) bond motifs is 1. The van der Waals surface area contributed by atoms with Crippen molar-refractivity contribution >= 4 is 32.1 Å². The molecule has 0 atom stereocenters. The van der Waals surface area contributed by atoms with E-state index in [1.807, 2.05) is 22.7 Å². The van der Waals surface area contributed by atoms with Crippen molar-refractivity contribution < 1.29 is 9.47 Å². The molecule has 0 spiro atoms. The summed E-state index contributed by atoms with van der Waals surface area (Å²) < 4.78 is 13.1. The van der Waals surface area contributed by atoms with Crippen molar-refractivity contribution in [2.24, 2.45) is 5.92 Å². The fourth-order valence-corrected chi connectivity index (χ4v) is 4.95. The number of ether oxygens (including phenoxy) is 2. The Balaban J connectivity index is 1.73. The van der Waals surface area contributed by atoms with E-state index in [0.29, 0.717) is 5.92 Å². The van der Waals surface area contributed by atoms with Crippen molar-refractivity contribution in [3.8, 4) is 0 Å². The molecule has 0 amide bonds. The highest BCUT2D eigenvalue weighted by molar-refractivity contribution is 7.38. The lowest BCUT2D eigenvalue weighted by Gasteiger charge is -2.28. The fourth-order valence-electron chi connectivity index (χ4n) is 2.34. The molecule has 4 heteroatoms. The van der Waals surface area contributed by atoms with Crippen LogP contribution in [0, 0.1) is 5.92 Å². The molecule has 1 saturated heterocycles. The van der Waals surface area contributed by atoms with Crippen molar-refractivity contribution in [1.29, 1.82) is 0 Å². The molecule has 3 heterocycles. The molecule has 19 heavy (non-hydrogen) atoms. The van der Waals surface area contributed by atoms with Crippen LogP contribution >= 0.6 is 22.7 Å². The summed E-state index contributed by atoms with van der Waals surface area (Å²) in [5.41, 5.74) is 0. The van der Waals surface area contributed by atoms with Crippen LogP contribution in [-0.4, -0.2) is 13.2 Å². The molecular weight excluding hydrogens is 276 g/mol. The van der Waals surface area contributed by atoms with Gasteiger partial charge in [0.25, 0.3) is 0 Å². The highest BCUT2D eigenvalue weighted by atomic mass is 32.2. The van der Waals surface area contributed by atoms with E-state index in [9.17, 15) is 0 Å². The number of thiophene rings is 2. The molecule has 2 nitrogen and oxygen atoms in total. The van der Waals surface area contributed by atoms with Gasteiger partial charge in [0.2, 0.25) is 0 Å². The molecule has 1 fully saturated rings. The summed E-state index contributed by atoms with van der Waals surface area (Å²) in [6.07, 6.45) is 3.40. The second kappa shape index (κ2) is 5.92. The van der Waals surface area contributed by atoms with Crippen LogP contribution in [0.5, 0.6) is 0 Å². The Kier molecular flexibility index (Phi) is 4.22. The van der Waals surface area contributed by atoms with Gasteiger partial charge in [-0.2, -0.15) is 0 Å². The van der Waals surface area contributed by atoms with Crippen molar-refractivity contribution in [3.05, 3.63) is 21.9 Å². The predicted octanol–water partition coefficient (Wildman–Crippen LogP) is 4.99. The molecule has 0 aliphatic carbocycles. The second-order valence-electron chi connectivity index (χ2n) is 5.13. The summed E-state index contributed by atoms with van der Waals surface area (Å²) in [5.74, 6) is 0.563. The van der Waals surface area contributed by atoms with Crippen LogP contribution in [0.2, 0.25) is 0 Å². The zero-order valence-corrected chi connectivity index (χ0v) is 13.1. The molecule has 0 unspecified atom stereocenters. The van der Waals surface area contributed by atoms with Crippen LogP contribution in [0.25, 0.3) is 9.40 Å². The summed E-state index contributed by atoms with van der Waals surface area (Å²) >= 11 is 3.75. The van der Waals surface area contributed by atoms with E-state index < -0.39 is 0 Å². The minimum Gasteiger partial charge on any atom is -0.347 e. The van der Waals surface area contributed by atoms with Crippen molar-refractivity contribution in [2.75, 3.05) is 13.2 Å². The number of aryl methyl sites for hydroxylation is 1. The monoisotopic (exact) mass is 296 g/mol. The third-order valence-electron chi connectivity index (χ3n) is 3.56. The third-order valence-corrected chi connectivity index (χ3v) is 6.03. The van der Waals surface area contributed by atoms with Crippen LogP contribution in [0.15, 0.2) is 12.1 Å². The van der Waals surface area contributed by atoms with Gasteiger partial charge in [-0.1, -0.05) is 20.3 Å². The maximum absolute atomic E-state index is 5.84. The van der Waals surface area contributed by atoms with Gasteiger partial charge >= 0.3 is 0 Å². The predicted molar refractivity (Wildman–Crippen MR) is 82.1 cm³/mol. The van der Waals surface area contributed by atoms with Gasteiger partial charge in [0, 0.05) is 16.2 Å². The number of hydrogen-bond donors (Lipinski definition) is 0. The third kappa shape index (κ3) is 2.87. The minimum atomic E-state index is -0.137. The SMILES string of the molecule is CCCc1cc2cc(C3OCC(CC)CO3)sc2s1. The summed E-state index contributed by atoms with van der Waals surface area (Å²) in [6, 6.07) is 4.56. The van der Waals surface area contributed by atoms with Crippen molar-refractivity contribution in [2.45, 2.75) is 39.4 Å². The van der Waals surface area contributed by atoms with Crippen molar-refractivity contribution in [1.82, 2.24) is 0 Å². The van der Waals surface area contributed by atoms with Gasteiger partial charge < -0.3 is 9.47 Å². The molecule has 0 N–H and O–H groups in total. The van der Waals surface area contributed by atoms with Gasteiger partial charge in [-0.15, -0.1) is 22.7 Å². The van der Waals surface area contributed by atoms with E-state index in [2.05, 4.69) is 26.0 Å². The Morgan fingerprint density at radius 3 is 2.58 bits per heavy atom. The first-order valence-corrected chi connectivity index (χ1v) is 8.68. The van der Waals surface area contributed by atoms with Gasteiger partial charge in [0.15, 0.2) is 6.29 Å². The standard InChI is InChI=1S/C15H20O2S2/c1-3-5-12-6-11-7-13(19-15(11)18-12)14-16-8-10(4-2)9-17-14/h6-7,10,14H,3-5,8-9H2,1-2H3. The lowest BCUT2D eigenvalue weighted by molar-refractivity contribution is -0.203. The van der Waals surface area contributed by atoms with Gasteiger partial charge in [-0.3, -0.25) is 0 Å². The summed E-state index contributed by atoms with van der Waals surface area (Å²) in [5, 5.41) is 1.36. The molecule has 0 radical (unpaired) electrons. The first-order chi connectivity index (χ1) is 9.30. The zero-order chi connectivity index (χ0) is 13.2. The van der Waals surface area contributed by atoms with Gasteiger partial charge in [-0.05, 0) is 25.0 Å². The van der Waals surface area contributed by atoms with Gasteiger partial charge in [0.1, 0.15) is 0 Å². The lowest BCUT2D eigenvalue weighted by atomic mass is 10.1. The van der Waals surface area contributed by atoms with E-state index in [1.165, 1.54) is 32.0 Å². The first kappa shape index (κ1) is 13.6. The Labute approximate surface area is 122 Å². The average Bonchev–Trinajstić information content (AvgIpc) is 2.97. The topological polar surface area (TPSA) is 18.5 Å². The smallest absolute Gasteiger partial charge is 0.193 e. The van der Waals surface area contributed by atoms with Crippen LogP contribution in [-0.2, 0) is 15.9 Å². The van der Waals surface area contributed by atoms with E-state index >= 15 is 0 Å². The molecule has 3 rings (SSSR count). The number of hydrogen-bond acceptors (Lipinski definition) is 4. The average molecular weight is 296 g/mol. The highest BCUT2D eigenvalue weighted by Gasteiger charge is 2.24. The van der Waals surface area contributed by atoms with Crippen molar-refractivity contribution in [3.63, 3.8) is 0 Å². The number of rotatable bonds is 4. The highest BCUT2D eigenvalue weighted by Crippen LogP contribution is 2.39. The summed E-state index contributed by atoms with van der Waals surface area (Å²) in [7, 11) is 0. The molecule has 2 aromatic rings. The molecule has 1 aliphatic rings. The fraction of sp³-hybridized carbons (Fsp3) is 0.600. The lowest BCUT2D eigenvalue weighted by Crippen LogP contribution is -2.26. The quantitative estimate of drug-likeness (QED) is 0.791. The largest absolute Gasteiger partial charge is 0.347 e. The van der Waals surface area contributed by atoms with Crippen LogP contribution in [0.1, 0.15) is 42.7 Å². The summed E-state index contributed by atoms with van der Waals surface area (Å²) in [6.45, 7) is 6.07. The Bertz CT molecular complexity index is 504. The molecular formula is C15H20O2S2. The first-order valence-electron chi connectivity index (χ1n) is 7.05.